The highest BCUT2D eigenvalue weighted by molar-refractivity contribution is 14.0. The number of hydrogen-bond acceptors (Lipinski definition) is 4. The van der Waals surface area contributed by atoms with Gasteiger partial charge in [0, 0.05) is 52.1 Å². The maximum atomic E-state index is 12.4. The SMILES string of the molecule is CN=C(NCCCN1CCCC(C(N)=O)C1)NCC1CC(=O)N(CCc2ccccc2)C1.I. The monoisotopic (exact) mass is 570 g/mol. The molecule has 2 amide bonds. The zero-order valence-electron chi connectivity index (χ0n) is 19.7. The summed E-state index contributed by atoms with van der Waals surface area (Å²) in [7, 11) is 1.77. The van der Waals surface area contributed by atoms with Gasteiger partial charge in [-0.2, -0.15) is 0 Å². The second-order valence-corrected chi connectivity index (χ2v) is 8.92. The van der Waals surface area contributed by atoms with E-state index in [-0.39, 0.29) is 41.7 Å². The van der Waals surface area contributed by atoms with Crippen LogP contribution in [0.1, 0.15) is 31.2 Å². The lowest BCUT2D eigenvalue weighted by atomic mass is 9.97. The van der Waals surface area contributed by atoms with Gasteiger partial charge in [-0.1, -0.05) is 30.3 Å². The van der Waals surface area contributed by atoms with Crippen molar-refractivity contribution in [2.45, 2.75) is 32.1 Å². The Morgan fingerprint density at radius 3 is 2.70 bits per heavy atom. The summed E-state index contributed by atoms with van der Waals surface area (Å²) in [6, 6.07) is 10.3. The molecule has 0 radical (unpaired) electrons. The van der Waals surface area contributed by atoms with Crippen LogP contribution in [-0.2, 0) is 16.0 Å². The van der Waals surface area contributed by atoms with Gasteiger partial charge in [0.15, 0.2) is 5.96 Å². The fourth-order valence-electron chi connectivity index (χ4n) is 4.58. The summed E-state index contributed by atoms with van der Waals surface area (Å²) in [5, 5.41) is 6.73. The molecular formula is C24H39IN6O2. The van der Waals surface area contributed by atoms with E-state index in [2.05, 4.69) is 32.7 Å². The molecule has 2 aliphatic heterocycles. The van der Waals surface area contributed by atoms with Crippen molar-refractivity contribution in [1.29, 1.82) is 0 Å². The molecule has 33 heavy (non-hydrogen) atoms. The number of hydrogen-bond donors (Lipinski definition) is 3. The first-order chi connectivity index (χ1) is 15.5. The molecule has 2 fully saturated rings. The van der Waals surface area contributed by atoms with E-state index in [1.807, 2.05) is 23.1 Å². The van der Waals surface area contributed by atoms with Crippen LogP contribution in [0.3, 0.4) is 0 Å². The van der Waals surface area contributed by atoms with Gasteiger partial charge in [-0.25, -0.2) is 0 Å². The third kappa shape index (κ3) is 9.11. The number of benzene rings is 1. The molecule has 3 rings (SSSR count). The summed E-state index contributed by atoms with van der Waals surface area (Å²) in [5.74, 6) is 1.13. The molecule has 9 heteroatoms. The number of nitrogens with one attached hydrogen (secondary N) is 2. The fourth-order valence-corrected chi connectivity index (χ4v) is 4.58. The van der Waals surface area contributed by atoms with Gasteiger partial charge in [0.2, 0.25) is 11.8 Å². The Hall–Kier alpha value is -1.88. The maximum absolute atomic E-state index is 12.4. The molecule has 4 N–H and O–H groups in total. The first-order valence-corrected chi connectivity index (χ1v) is 11.8. The van der Waals surface area contributed by atoms with Crippen LogP contribution in [0.4, 0.5) is 0 Å². The molecule has 0 bridgehead atoms. The van der Waals surface area contributed by atoms with Crippen molar-refractivity contribution in [2.75, 3.05) is 52.9 Å². The minimum absolute atomic E-state index is 0. The number of carbonyl (C=O) groups is 2. The summed E-state index contributed by atoms with van der Waals surface area (Å²) in [4.78, 5) is 32.4. The van der Waals surface area contributed by atoms with Crippen molar-refractivity contribution in [1.82, 2.24) is 20.4 Å². The van der Waals surface area contributed by atoms with E-state index in [1.54, 1.807) is 7.05 Å². The van der Waals surface area contributed by atoms with E-state index in [1.165, 1.54) is 5.56 Å². The Bertz CT molecular complexity index is 775. The lowest BCUT2D eigenvalue weighted by molar-refractivity contribution is -0.127. The van der Waals surface area contributed by atoms with Crippen molar-refractivity contribution in [2.24, 2.45) is 22.6 Å². The van der Waals surface area contributed by atoms with E-state index >= 15 is 0 Å². The summed E-state index contributed by atoms with van der Waals surface area (Å²) in [6.07, 6.45) is 4.41. The molecule has 1 aromatic rings. The second-order valence-electron chi connectivity index (χ2n) is 8.92. The van der Waals surface area contributed by atoms with Gasteiger partial charge < -0.3 is 26.2 Å². The minimum Gasteiger partial charge on any atom is -0.369 e. The molecule has 0 aromatic heterocycles. The Labute approximate surface area is 214 Å². The van der Waals surface area contributed by atoms with Gasteiger partial charge in [0.25, 0.3) is 0 Å². The topological polar surface area (TPSA) is 103 Å². The van der Waals surface area contributed by atoms with Crippen molar-refractivity contribution < 1.29 is 9.59 Å². The number of aliphatic imine (C=N–C) groups is 1. The average molecular weight is 571 g/mol. The van der Waals surface area contributed by atoms with Crippen LogP contribution in [0.15, 0.2) is 35.3 Å². The zero-order valence-corrected chi connectivity index (χ0v) is 22.0. The number of nitrogens with zero attached hydrogens (tertiary/aromatic N) is 3. The summed E-state index contributed by atoms with van der Waals surface area (Å²) in [6.45, 7) is 5.88. The van der Waals surface area contributed by atoms with E-state index < -0.39 is 0 Å². The van der Waals surface area contributed by atoms with Crippen LogP contribution in [0, 0.1) is 11.8 Å². The lowest BCUT2D eigenvalue weighted by Gasteiger charge is -2.31. The van der Waals surface area contributed by atoms with Gasteiger partial charge in [-0.3, -0.25) is 14.6 Å². The van der Waals surface area contributed by atoms with E-state index in [0.717, 1.165) is 77.5 Å². The number of likely N-dealkylation sites (tertiary alicyclic amines) is 2. The van der Waals surface area contributed by atoms with Crippen LogP contribution in [0.25, 0.3) is 0 Å². The van der Waals surface area contributed by atoms with Crippen LogP contribution in [0.2, 0.25) is 0 Å². The molecule has 0 aliphatic carbocycles. The molecule has 2 aliphatic rings. The van der Waals surface area contributed by atoms with Gasteiger partial charge >= 0.3 is 0 Å². The Morgan fingerprint density at radius 2 is 1.97 bits per heavy atom. The van der Waals surface area contributed by atoms with Crippen molar-refractivity contribution in [3.8, 4) is 0 Å². The van der Waals surface area contributed by atoms with Crippen LogP contribution < -0.4 is 16.4 Å². The Balaban J connectivity index is 0.00000385. The highest BCUT2D eigenvalue weighted by Crippen LogP contribution is 2.18. The molecule has 2 atom stereocenters. The normalized spacial score (nSPS) is 21.5. The number of guanidine groups is 1. The number of halogens is 1. The molecule has 1 aromatic carbocycles. The first kappa shape index (κ1) is 27.4. The molecule has 184 valence electrons. The van der Waals surface area contributed by atoms with Crippen LogP contribution in [0.5, 0.6) is 0 Å². The average Bonchev–Trinajstić information content (AvgIpc) is 3.17. The molecule has 0 saturated carbocycles. The lowest BCUT2D eigenvalue weighted by Crippen LogP contribution is -2.43. The predicted molar refractivity (Wildman–Crippen MR) is 143 cm³/mol. The van der Waals surface area contributed by atoms with Gasteiger partial charge in [0.05, 0.1) is 5.92 Å². The summed E-state index contributed by atoms with van der Waals surface area (Å²) in [5.41, 5.74) is 6.73. The third-order valence-corrected chi connectivity index (χ3v) is 6.44. The van der Waals surface area contributed by atoms with Gasteiger partial charge in [0.1, 0.15) is 0 Å². The number of piperidine rings is 1. The second kappa shape index (κ2) is 14.4. The number of nitrogens with two attached hydrogens (primary N) is 1. The number of primary amides is 1. The molecule has 0 spiro atoms. The number of amides is 2. The Kier molecular flexibility index (Phi) is 11.9. The van der Waals surface area contributed by atoms with Crippen LogP contribution >= 0.6 is 24.0 Å². The maximum Gasteiger partial charge on any atom is 0.223 e. The van der Waals surface area contributed by atoms with E-state index in [9.17, 15) is 9.59 Å². The zero-order chi connectivity index (χ0) is 22.8. The summed E-state index contributed by atoms with van der Waals surface area (Å²) < 4.78 is 0. The molecule has 2 heterocycles. The number of carbonyl (C=O) groups excluding carboxylic acids is 2. The molecular weight excluding hydrogens is 531 g/mol. The van der Waals surface area contributed by atoms with Crippen molar-refractivity contribution in [3.05, 3.63) is 35.9 Å². The van der Waals surface area contributed by atoms with Crippen LogP contribution in [-0.4, -0.2) is 80.4 Å². The largest absolute Gasteiger partial charge is 0.369 e. The smallest absolute Gasteiger partial charge is 0.223 e. The first-order valence-electron chi connectivity index (χ1n) is 11.8. The fraction of sp³-hybridized carbons (Fsp3) is 0.625. The third-order valence-electron chi connectivity index (χ3n) is 6.44. The molecule has 2 unspecified atom stereocenters. The van der Waals surface area contributed by atoms with Gasteiger partial charge in [-0.15, -0.1) is 24.0 Å². The number of rotatable bonds is 10. The van der Waals surface area contributed by atoms with E-state index in [0.29, 0.717) is 12.3 Å². The predicted octanol–water partition coefficient (Wildman–Crippen LogP) is 1.45. The quantitative estimate of drug-likeness (QED) is 0.171. The highest BCUT2D eigenvalue weighted by atomic mass is 127. The standard InChI is InChI=1S/C24H38N6O2.HI/c1-26-24(27-11-6-13-29-12-5-9-21(18-29)23(25)32)28-16-20-15-22(31)30(17-20)14-10-19-7-3-2-4-8-19;/h2-4,7-8,20-21H,5-6,9-18H2,1H3,(H2,25,32)(H2,26,27,28);1H. The highest BCUT2D eigenvalue weighted by Gasteiger charge is 2.29. The van der Waals surface area contributed by atoms with Crippen molar-refractivity contribution in [3.63, 3.8) is 0 Å². The van der Waals surface area contributed by atoms with Crippen molar-refractivity contribution >= 4 is 41.8 Å². The Morgan fingerprint density at radius 1 is 1.18 bits per heavy atom. The molecule has 8 nitrogen and oxygen atoms in total. The summed E-state index contributed by atoms with van der Waals surface area (Å²) >= 11 is 0. The minimum atomic E-state index is -0.179. The molecule has 2 saturated heterocycles. The van der Waals surface area contributed by atoms with Gasteiger partial charge in [-0.05, 0) is 44.3 Å². The van der Waals surface area contributed by atoms with E-state index in [4.69, 9.17) is 5.73 Å².